The molecular formula is C22H25FN2O5S. The average molecular weight is 449 g/mol. The van der Waals surface area contributed by atoms with Gasteiger partial charge in [-0.1, -0.05) is 30.3 Å². The average Bonchev–Trinajstić information content (AvgIpc) is 2.77. The fourth-order valence-corrected chi connectivity index (χ4v) is 4.89. The monoisotopic (exact) mass is 448 g/mol. The van der Waals surface area contributed by atoms with Crippen molar-refractivity contribution >= 4 is 21.9 Å². The molecule has 0 aromatic heterocycles. The minimum absolute atomic E-state index is 0.00986. The highest BCUT2D eigenvalue weighted by atomic mass is 32.2. The van der Waals surface area contributed by atoms with Crippen LogP contribution in [0.5, 0.6) is 0 Å². The maximum atomic E-state index is 13.1. The highest BCUT2D eigenvalue weighted by Crippen LogP contribution is 2.27. The van der Waals surface area contributed by atoms with Crippen LogP contribution in [-0.4, -0.2) is 56.7 Å². The minimum atomic E-state index is -3.76. The highest BCUT2D eigenvalue weighted by molar-refractivity contribution is 7.89. The van der Waals surface area contributed by atoms with Gasteiger partial charge in [-0.2, -0.15) is 4.31 Å². The third-order valence-electron chi connectivity index (χ3n) is 5.24. The quantitative estimate of drug-likeness (QED) is 0.635. The van der Waals surface area contributed by atoms with E-state index in [4.69, 9.17) is 4.74 Å². The Morgan fingerprint density at radius 3 is 2.16 bits per heavy atom. The van der Waals surface area contributed by atoms with E-state index in [-0.39, 0.29) is 36.7 Å². The number of piperidine rings is 1. The van der Waals surface area contributed by atoms with Crippen LogP contribution in [0.2, 0.25) is 0 Å². The van der Waals surface area contributed by atoms with Crippen LogP contribution in [0, 0.1) is 11.7 Å². The first-order chi connectivity index (χ1) is 14.7. The van der Waals surface area contributed by atoms with Crippen LogP contribution in [0.25, 0.3) is 0 Å². The SMILES string of the molecule is CN(C)C(=O)C(OC(=O)C1CCN(S(=O)(=O)c2ccc(F)cc2)CC1)c1ccccc1. The summed E-state index contributed by atoms with van der Waals surface area (Å²) >= 11 is 0. The first kappa shape index (κ1) is 22.9. The summed E-state index contributed by atoms with van der Waals surface area (Å²) in [4.78, 5) is 26.7. The van der Waals surface area contributed by atoms with Crippen molar-refractivity contribution in [1.82, 2.24) is 9.21 Å². The van der Waals surface area contributed by atoms with Crippen molar-refractivity contribution in [2.45, 2.75) is 23.8 Å². The first-order valence-corrected chi connectivity index (χ1v) is 11.4. The number of hydrogen-bond donors (Lipinski definition) is 0. The third-order valence-corrected chi connectivity index (χ3v) is 7.15. The summed E-state index contributed by atoms with van der Waals surface area (Å²) in [7, 11) is -0.588. The smallest absolute Gasteiger partial charge is 0.310 e. The van der Waals surface area contributed by atoms with E-state index in [0.29, 0.717) is 5.56 Å². The topological polar surface area (TPSA) is 84.0 Å². The number of amides is 1. The van der Waals surface area contributed by atoms with E-state index in [2.05, 4.69) is 0 Å². The van der Waals surface area contributed by atoms with Gasteiger partial charge < -0.3 is 9.64 Å². The zero-order valence-electron chi connectivity index (χ0n) is 17.4. The van der Waals surface area contributed by atoms with E-state index < -0.39 is 33.8 Å². The molecule has 1 aliphatic heterocycles. The number of esters is 1. The van der Waals surface area contributed by atoms with Crippen molar-refractivity contribution < 1.29 is 27.1 Å². The molecule has 0 radical (unpaired) electrons. The molecule has 0 saturated carbocycles. The molecule has 1 unspecified atom stereocenters. The van der Waals surface area contributed by atoms with Gasteiger partial charge in [0.25, 0.3) is 5.91 Å². The summed E-state index contributed by atoms with van der Waals surface area (Å²) < 4.78 is 45.4. The maximum absolute atomic E-state index is 13.1. The summed E-state index contributed by atoms with van der Waals surface area (Å²) in [5.74, 6) is -1.90. The molecule has 7 nitrogen and oxygen atoms in total. The van der Waals surface area contributed by atoms with Crippen molar-refractivity contribution in [2.75, 3.05) is 27.2 Å². The largest absolute Gasteiger partial charge is 0.447 e. The van der Waals surface area contributed by atoms with E-state index in [1.165, 1.54) is 21.3 Å². The van der Waals surface area contributed by atoms with Crippen LogP contribution in [0.1, 0.15) is 24.5 Å². The van der Waals surface area contributed by atoms with Crippen LogP contribution in [-0.2, 0) is 24.3 Å². The van der Waals surface area contributed by atoms with E-state index in [1.54, 1.807) is 44.4 Å². The van der Waals surface area contributed by atoms with Gasteiger partial charge in [-0.25, -0.2) is 12.8 Å². The number of likely N-dealkylation sites (N-methyl/N-ethyl adjacent to an activating group) is 1. The van der Waals surface area contributed by atoms with Gasteiger partial charge in [0.05, 0.1) is 10.8 Å². The molecule has 1 heterocycles. The molecule has 0 N–H and O–H groups in total. The van der Waals surface area contributed by atoms with Gasteiger partial charge >= 0.3 is 5.97 Å². The second-order valence-electron chi connectivity index (χ2n) is 7.59. The van der Waals surface area contributed by atoms with Crippen molar-refractivity contribution in [3.63, 3.8) is 0 Å². The molecule has 2 aromatic carbocycles. The summed E-state index contributed by atoms with van der Waals surface area (Å²) in [6.45, 7) is 0.272. The standard InChI is InChI=1S/C22H25FN2O5S/c1-24(2)21(26)20(16-6-4-3-5-7-16)30-22(27)17-12-14-25(15-13-17)31(28,29)19-10-8-18(23)9-11-19/h3-11,17,20H,12-15H2,1-2H3. The zero-order chi connectivity index (χ0) is 22.6. The Morgan fingerprint density at radius 2 is 1.61 bits per heavy atom. The number of benzene rings is 2. The number of hydrogen-bond acceptors (Lipinski definition) is 5. The predicted molar refractivity (Wildman–Crippen MR) is 112 cm³/mol. The molecule has 1 amide bonds. The predicted octanol–water partition coefficient (Wildman–Crippen LogP) is 2.60. The fourth-order valence-electron chi connectivity index (χ4n) is 3.42. The van der Waals surface area contributed by atoms with E-state index in [1.807, 2.05) is 0 Å². The van der Waals surface area contributed by atoms with Crippen LogP contribution in [0.15, 0.2) is 59.5 Å². The van der Waals surface area contributed by atoms with Crippen LogP contribution < -0.4 is 0 Å². The Labute approximate surface area is 181 Å². The summed E-state index contributed by atoms with van der Waals surface area (Å²) in [5, 5.41) is 0. The van der Waals surface area contributed by atoms with Crippen LogP contribution >= 0.6 is 0 Å². The third kappa shape index (κ3) is 5.29. The lowest BCUT2D eigenvalue weighted by Gasteiger charge is -2.31. The molecule has 9 heteroatoms. The fraction of sp³-hybridized carbons (Fsp3) is 0.364. The van der Waals surface area contributed by atoms with Gasteiger partial charge in [-0.15, -0.1) is 0 Å². The van der Waals surface area contributed by atoms with Gasteiger partial charge in [0.2, 0.25) is 16.1 Å². The lowest BCUT2D eigenvalue weighted by molar-refractivity contribution is -0.164. The number of rotatable bonds is 6. The van der Waals surface area contributed by atoms with Gasteiger partial charge in [-0.05, 0) is 37.1 Å². The number of carbonyl (C=O) groups excluding carboxylic acids is 2. The Morgan fingerprint density at radius 1 is 1.03 bits per heavy atom. The Kier molecular flexibility index (Phi) is 7.07. The number of ether oxygens (including phenoxy) is 1. The normalized spacial score (nSPS) is 16.5. The van der Waals surface area contributed by atoms with Gasteiger partial charge in [0, 0.05) is 32.7 Å². The van der Waals surface area contributed by atoms with Crippen molar-refractivity contribution in [2.24, 2.45) is 5.92 Å². The molecule has 1 aliphatic rings. The molecule has 1 atom stereocenters. The van der Waals surface area contributed by atoms with Crippen LogP contribution in [0.4, 0.5) is 4.39 Å². The maximum Gasteiger partial charge on any atom is 0.310 e. The van der Waals surface area contributed by atoms with E-state index in [9.17, 15) is 22.4 Å². The van der Waals surface area contributed by atoms with Crippen molar-refractivity contribution in [3.05, 3.63) is 66.0 Å². The number of sulfonamides is 1. The molecule has 1 saturated heterocycles. The zero-order valence-corrected chi connectivity index (χ0v) is 18.2. The summed E-state index contributed by atoms with van der Waals surface area (Å²) in [5.41, 5.74) is 0.575. The molecule has 3 rings (SSSR count). The van der Waals surface area contributed by atoms with Crippen molar-refractivity contribution in [1.29, 1.82) is 0 Å². The van der Waals surface area contributed by atoms with E-state index in [0.717, 1.165) is 12.1 Å². The molecule has 31 heavy (non-hydrogen) atoms. The van der Waals surface area contributed by atoms with E-state index >= 15 is 0 Å². The van der Waals surface area contributed by atoms with Gasteiger partial charge in [0.15, 0.2) is 0 Å². The highest BCUT2D eigenvalue weighted by Gasteiger charge is 2.35. The molecule has 0 bridgehead atoms. The minimum Gasteiger partial charge on any atom is -0.447 e. The molecule has 2 aromatic rings. The van der Waals surface area contributed by atoms with Crippen LogP contribution in [0.3, 0.4) is 0 Å². The molecule has 166 valence electrons. The second-order valence-corrected chi connectivity index (χ2v) is 9.53. The molecule has 0 aliphatic carbocycles. The number of carbonyl (C=O) groups is 2. The number of halogens is 1. The summed E-state index contributed by atoms with van der Waals surface area (Å²) in [6, 6.07) is 13.4. The molecular weight excluding hydrogens is 423 g/mol. The Hall–Kier alpha value is -2.78. The molecule has 1 fully saturated rings. The van der Waals surface area contributed by atoms with Gasteiger partial charge in [0.1, 0.15) is 5.82 Å². The van der Waals surface area contributed by atoms with Gasteiger partial charge in [-0.3, -0.25) is 9.59 Å². The lowest BCUT2D eigenvalue weighted by Crippen LogP contribution is -2.41. The number of nitrogens with zero attached hydrogens (tertiary/aromatic N) is 2. The second kappa shape index (κ2) is 9.57. The Balaban J connectivity index is 1.66. The Bertz CT molecular complexity index is 1020. The molecule has 0 spiro atoms. The first-order valence-electron chi connectivity index (χ1n) is 9.92. The summed E-state index contributed by atoms with van der Waals surface area (Å²) in [6.07, 6.45) is -0.502. The van der Waals surface area contributed by atoms with Crippen molar-refractivity contribution in [3.8, 4) is 0 Å². The lowest BCUT2D eigenvalue weighted by atomic mass is 9.98.